The summed E-state index contributed by atoms with van der Waals surface area (Å²) >= 11 is 0. The fourth-order valence-electron chi connectivity index (χ4n) is 2.51. The molecule has 1 rings (SSSR count). The third-order valence-electron chi connectivity index (χ3n) is 3.93. The Morgan fingerprint density at radius 2 is 1.85 bits per heavy atom. The lowest BCUT2D eigenvalue weighted by Crippen LogP contribution is -2.38. The molecule has 0 aliphatic carbocycles. The molecule has 0 bridgehead atoms. The highest BCUT2D eigenvalue weighted by atomic mass is 32.2. The number of aryl methyl sites for hydroxylation is 1. The van der Waals surface area contributed by atoms with Gasteiger partial charge in [0.2, 0.25) is 10.0 Å². The van der Waals surface area contributed by atoms with E-state index in [0.717, 1.165) is 0 Å². The molecular weight excluding hydrogens is 372 g/mol. The third kappa shape index (κ3) is 6.30. The molecule has 0 aromatic heterocycles. The minimum Gasteiger partial charge on any atom is -0.452 e. The third-order valence-corrected chi connectivity index (χ3v) is 5.98. The normalized spacial score (nSPS) is 12.7. The number of hydrogen-bond acceptors (Lipinski definition) is 6. The Balaban J connectivity index is 2.91. The summed E-state index contributed by atoms with van der Waals surface area (Å²) in [5.74, 6) is -1.21. The maximum absolute atomic E-state index is 12.6. The first-order chi connectivity index (χ1) is 12.7. The number of carbonyl (C=O) groups is 2. The Labute approximate surface area is 160 Å². The Bertz CT molecular complexity index is 759. The van der Waals surface area contributed by atoms with Crippen LogP contribution in [0, 0.1) is 6.92 Å². The number of benzene rings is 1. The van der Waals surface area contributed by atoms with Crippen molar-refractivity contribution in [2.75, 3.05) is 33.4 Å². The molecule has 1 unspecified atom stereocenters. The van der Waals surface area contributed by atoms with Gasteiger partial charge in [0.15, 0.2) is 6.61 Å². The highest BCUT2D eigenvalue weighted by Gasteiger charge is 2.24. The van der Waals surface area contributed by atoms with Gasteiger partial charge in [0, 0.05) is 26.2 Å². The number of nitrogens with zero attached hydrogens (tertiary/aromatic N) is 1. The zero-order valence-corrected chi connectivity index (χ0v) is 17.3. The Kier molecular flexibility index (Phi) is 8.87. The van der Waals surface area contributed by atoms with Gasteiger partial charge in [-0.1, -0.05) is 19.9 Å². The van der Waals surface area contributed by atoms with Crippen LogP contribution in [0.5, 0.6) is 0 Å². The first-order valence-electron chi connectivity index (χ1n) is 8.73. The summed E-state index contributed by atoms with van der Waals surface area (Å²) in [6.45, 7) is 7.45. The van der Waals surface area contributed by atoms with Crippen LogP contribution < -0.4 is 5.32 Å². The molecule has 1 N–H and O–H groups in total. The average molecular weight is 400 g/mol. The Morgan fingerprint density at radius 1 is 1.22 bits per heavy atom. The molecule has 0 aliphatic heterocycles. The second-order valence-corrected chi connectivity index (χ2v) is 8.00. The van der Waals surface area contributed by atoms with Crippen LogP contribution in [0.1, 0.15) is 36.7 Å². The molecule has 1 amide bonds. The molecule has 0 saturated heterocycles. The van der Waals surface area contributed by atoms with E-state index in [9.17, 15) is 18.0 Å². The summed E-state index contributed by atoms with van der Waals surface area (Å²) in [5, 5.41) is 2.62. The second kappa shape index (κ2) is 10.4. The number of sulfonamides is 1. The van der Waals surface area contributed by atoms with Crippen LogP contribution in [-0.4, -0.2) is 64.1 Å². The molecule has 0 aliphatic rings. The lowest BCUT2D eigenvalue weighted by Gasteiger charge is -2.19. The molecule has 152 valence electrons. The van der Waals surface area contributed by atoms with Crippen molar-refractivity contribution in [3.05, 3.63) is 29.3 Å². The van der Waals surface area contributed by atoms with Crippen LogP contribution in [0.15, 0.2) is 23.1 Å². The number of ether oxygens (including phenoxy) is 2. The van der Waals surface area contributed by atoms with Crippen molar-refractivity contribution in [3.8, 4) is 0 Å². The van der Waals surface area contributed by atoms with Crippen molar-refractivity contribution in [3.63, 3.8) is 0 Å². The molecule has 0 heterocycles. The summed E-state index contributed by atoms with van der Waals surface area (Å²) in [4.78, 5) is 24.1. The summed E-state index contributed by atoms with van der Waals surface area (Å²) in [5.41, 5.74) is 0.674. The van der Waals surface area contributed by atoms with Crippen molar-refractivity contribution in [2.45, 2.75) is 38.6 Å². The van der Waals surface area contributed by atoms with Gasteiger partial charge in [-0.15, -0.1) is 0 Å². The van der Waals surface area contributed by atoms with E-state index in [1.807, 2.05) is 0 Å². The lowest BCUT2D eigenvalue weighted by atomic mass is 10.1. The second-order valence-electron chi connectivity index (χ2n) is 6.07. The van der Waals surface area contributed by atoms with E-state index in [-0.39, 0.29) is 16.5 Å². The summed E-state index contributed by atoms with van der Waals surface area (Å²) in [6.07, 6.45) is 0. The van der Waals surface area contributed by atoms with E-state index in [0.29, 0.717) is 25.3 Å². The molecular formula is C18H28N2O6S. The van der Waals surface area contributed by atoms with Crippen molar-refractivity contribution in [1.82, 2.24) is 9.62 Å². The molecule has 1 atom stereocenters. The van der Waals surface area contributed by atoms with Crippen LogP contribution >= 0.6 is 0 Å². The smallest absolute Gasteiger partial charge is 0.338 e. The molecule has 0 radical (unpaired) electrons. The first kappa shape index (κ1) is 23.1. The fraction of sp³-hybridized carbons (Fsp3) is 0.556. The zero-order chi connectivity index (χ0) is 20.6. The van der Waals surface area contributed by atoms with Gasteiger partial charge in [-0.05, 0) is 31.5 Å². The topological polar surface area (TPSA) is 102 Å². The molecule has 0 spiro atoms. The zero-order valence-electron chi connectivity index (χ0n) is 16.4. The lowest BCUT2D eigenvalue weighted by molar-refractivity contribution is -0.125. The predicted molar refractivity (Wildman–Crippen MR) is 101 cm³/mol. The number of esters is 1. The van der Waals surface area contributed by atoms with Gasteiger partial charge in [-0.3, -0.25) is 4.79 Å². The van der Waals surface area contributed by atoms with Crippen molar-refractivity contribution in [2.24, 2.45) is 0 Å². The fourth-order valence-corrected chi connectivity index (χ4v) is 4.00. The quantitative estimate of drug-likeness (QED) is 0.595. The minimum atomic E-state index is -3.70. The van der Waals surface area contributed by atoms with Gasteiger partial charge in [0.05, 0.1) is 17.1 Å². The summed E-state index contributed by atoms with van der Waals surface area (Å²) in [6, 6.07) is 4.08. The Morgan fingerprint density at radius 3 is 2.41 bits per heavy atom. The van der Waals surface area contributed by atoms with Gasteiger partial charge in [-0.25, -0.2) is 13.2 Å². The summed E-state index contributed by atoms with van der Waals surface area (Å²) in [7, 11) is -2.18. The average Bonchev–Trinajstić information content (AvgIpc) is 2.60. The minimum absolute atomic E-state index is 0.0157. The van der Waals surface area contributed by atoms with E-state index in [1.54, 1.807) is 33.8 Å². The number of carbonyl (C=O) groups excluding carboxylic acids is 2. The highest BCUT2D eigenvalue weighted by molar-refractivity contribution is 7.89. The molecule has 27 heavy (non-hydrogen) atoms. The first-order valence-corrected chi connectivity index (χ1v) is 10.2. The Hall–Kier alpha value is -1.97. The van der Waals surface area contributed by atoms with Crippen LogP contribution in [-0.2, 0) is 24.3 Å². The number of hydrogen-bond donors (Lipinski definition) is 1. The molecule has 9 heteroatoms. The van der Waals surface area contributed by atoms with Crippen molar-refractivity contribution in [1.29, 1.82) is 0 Å². The van der Waals surface area contributed by atoms with Gasteiger partial charge in [0.1, 0.15) is 0 Å². The molecule has 8 nitrogen and oxygen atoms in total. The van der Waals surface area contributed by atoms with Crippen LogP contribution in [0.2, 0.25) is 0 Å². The standard InChI is InChI=1S/C18H28N2O6S/c1-6-20(7-2)27(23,24)15-9-8-13(3)16(10-15)18(22)26-12-17(21)19-14(4)11-25-5/h8-10,14H,6-7,11-12H2,1-5H3,(H,19,21). The van der Waals surface area contributed by atoms with E-state index in [2.05, 4.69) is 5.32 Å². The van der Waals surface area contributed by atoms with Gasteiger partial charge < -0.3 is 14.8 Å². The SMILES string of the molecule is CCN(CC)S(=O)(=O)c1ccc(C)c(C(=O)OCC(=O)NC(C)COC)c1. The van der Waals surface area contributed by atoms with Crippen molar-refractivity contribution >= 4 is 21.9 Å². The molecule has 1 aromatic rings. The van der Waals surface area contributed by atoms with E-state index in [1.165, 1.54) is 23.5 Å². The maximum atomic E-state index is 12.6. The highest BCUT2D eigenvalue weighted by Crippen LogP contribution is 2.20. The van der Waals surface area contributed by atoms with Crippen LogP contribution in [0.3, 0.4) is 0 Å². The predicted octanol–water partition coefficient (Wildman–Crippen LogP) is 1.33. The maximum Gasteiger partial charge on any atom is 0.338 e. The van der Waals surface area contributed by atoms with Crippen LogP contribution in [0.4, 0.5) is 0 Å². The van der Waals surface area contributed by atoms with E-state index >= 15 is 0 Å². The van der Waals surface area contributed by atoms with Gasteiger partial charge in [0.25, 0.3) is 5.91 Å². The van der Waals surface area contributed by atoms with E-state index < -0.39 is 28.5 Å². The van der Waals surface area contributed by atoms with Gasteiger partial charge in [-0.2, -0.15) is 4.31 Å². The van der Waals surface area contributed by atoms with Crippen LogP contribution in [0.25, 0.3) is 0 Å². The molecule has 0 fully saturated rings. The number of methoxy groups -OCH3 is 1. The molecule has 0 saturated carbocycles. The number of rotatable bonds is 10. The number of nitrogens with one attached hydrogen (secondary N) is 1. The monoisotopic (exact) mass is 400 g/mol. The summed E-state index contributed by atoms with van der Waals surface area (Å²) < 4.78 is 36.5. The largest absolute Gasteiger partial charge is 0.452 e. The molecule has 1 aromatic carbocycles. The number of amides is 1. The van der Waals surface area contributed by atoms with E-state index in [4.69, 9.17) is 9.47 Å². The van der Waals surface area contributed by atoms with Gasteiger partial charge >= 0.3 is 5.97 Å². The van der Waals surface area contributed by atoms with Crippen molar-refractivity contribution < 1.29 is 27.5 Å².